The molecule has 9 aromatic rings. The lowest BCUT2D eigenvalue weighted by Crippen LogP contribution is -2.61. The fraction of sp³-hybridized carbons (Fsp3) is 0.186. The van der Waals surface area contributed by atoms with Crippen LogP contribution in [0.3, 0.4) is 0 Å². The molecule has 63 heavy (non-hydrogen) atoms. The summed E-state index contributed by atoms with van der Waals surface area (Å²) in [6.45, 7) is 18.4. The highest BCUT2D eigenvalue weighted by molar-refractivity contribution is 6.95. The van der Waals surface area contributed by atoms with Gasteiger partial charge in [-0.25, -0.2) is 0 Å². The lowest BCUT2D eigenvalue weighted by atomic mass is 9.43. The smallest absolute Gasteiger partial charge is 0.337 e. The van der Waals surface area contributed by atoms with Crippen LogP contribution in [-0.4, -0.2) is 6.85 Å². The van der Waals surface area contributed by atoms with Crippen molar-refractivity contribution >= 4 is 68.1 Å². The number of para-hydroxylation sites is 1. The predicted molar refractivity (Wildman–Crippen MR) is 268 cm³/mol. The van der Waals surface area contributed by atoms with E-state index in [1.807, 2.05) is 0 Å². The number of nitrogens with zero attached hydrogens (tertiary/aromatic N) is 2. The summed E-state index contributed by atoms with van der Waals surface area (Å²) in [4.78, 5) is 5.14. The molecule has 3 nitrogen and oxygen atoms in total. The molecule has 3 heterocycles. The molecule has 3 aliphatic rings. The fourth-order valence-electron chi connectivity index (χ4n) is 11.0. The van der Waals surface area contributed by atoms with Crippen molar-refractivity contribution in [3.05, 3.63) is 186 Å². The van der Waals surface area contributed by atoms with Gasteiger partial charge < -0.3 is 9.23 Å². The summed E-state index contributed by atoms with van der Waals surface area (Å²) in [6, 6.07) is 61.6. The van der Waals surface area contributed by atoms with Crippen molar-refractivity contribution < 1.29 is 4.42 Å². The van der Waals surface area contributed by atoms with E-state index in [0.717, 1.165) is 28.2 Å². The Balaban J connectivity index is 1.25. The van der Waals surface area contributed by atoms with Gasteiger partial charge in [-0.05, 0) is 115 Å². The first kappa shape index (κ1) is 37.9. The van der Waals surface area contributed by atoms with Crippen LogP contribution in [-0.2, 0) is 16.2 Å². The van der Waals surface area contributed by atoms with E-state index in [9.17, 15) is 0 Å². The quantitative estimate of drug-likeness (QED) is 0.166. The van der Waals surface area contributed by atoms with E-state index in [4.69, 9.17) is 4.42 Å². The summed E-state index contributed by atoms with van der Waals surface area (Å²) in [5.41, 5.74) is 20.7. The number of rotatable bonds is 3. The van der Waals surface area contributed by atoms with Gasteiger partial charge in [0.25, 0.3) is 0 Å². The van der Waals surface area contributed by atoms with E-state index < -0.39 is 0 Å². The Hall–Kier alpha value is -6.78. The molecule has 0 unspecified atom stereocenters. The summed E-state index contributed by atoms with van der Waals surface area (Å²) in [5, 5.41) is 3.54. The molecule has 4 heteroatoms. The van der Waals surface area contributed by atoms with Crippen LogP contribution in [0.2, 0.25) is 0 Å². The van der Waals surface area contributed by atoms with Gasteiger partial charge in [-0.15, -0.1) is 0 Å². The van der Waals surface area contributed by atoms with Gasteiger partial charge in [0.05, 0.1) is 11.4 Å². The molecule has 0 fully saturated rings. The second-order valence-electron chi connectivity index (χ2n) is 20.6. The van der Waals surface area contributed by atoms with E-state index in [-0.39, 0.29) is 23.1 Å². The van der Waals surface area contributed by atoms with Gasteiger partial charge >= 0.3 is 6.85 Å². The minimum absolute atomic E-state index is 0.0198. The van der Waals surface area contributed by atoms with Crippen LogP contribution in [0, 0.1) is 0 Å². The molecule has 306 valence electrons. The van der Waals surface area contributed by atoms with Gasteiger partial charge in [0.15, 0.2) is 0 Å². The minimum atomic E-state index is -0.193. The minimum Gasteiger partial charge on any atom is -0.440 e. The lowest BCUT2D eigenvalue weighted by Gasteiger charge is -2.45. The van der Waals surface area contributed by atoms with Crippen LogP contribution in [0.25, 0.3) is 55.1 Å². The molecule has 0 saturated heterocycles. The van der Waals surface area contributed by atoms with Crippen molar-refractivity contribution in [2.24, 2.45) is 0 Å². The Labute approximate surface area is 371 Å². The second-order valence-corrected chi connectivity index (χ2v) is 20.6. The molecule has 12 rings (SSSR count). The van der Waals surface area contributed by atoms with E-state index in [0.29, 0.717) is 0 Å². The van der Waals surface area contributed by atoms with Crippen molar-refractivity contribution in [1.82, 2.24) is 0 Å². The molecule has 0 radical (unpaired) electrons. The third-order valence-electron chi connectivity index (χ3n) is 14.4. The number of anilines is 5. The summed E-state index contributed by atoms with van der Waals surface area (Å²) in [5.74, 6) is 0.866. The second kappa shape index (κ2) is 13.1. The first-order valence-corrected chi connectivity index (χ1v) is 22.5. The van der Waals surface area contributed by atoms with Crippen molar-refractivity contribution in [3.63, 3.8) is 0 Å². The van der Waals surface area contributed by atoms with E-state index in [2.05, 4.69) is 229 Å². The Kier molecular flexibility index (Phi) is 7.91. The molecule has 1 aromatic heterocycles. The first-order chi connectivity index (χ1) is 30.3. The van der Waals surface area contributed by atoms with Crippen molar-refractivity contribution in [2.75, 3.05) is 9.71 Å². The Morgan fingerprint density at radius 2 is 1.16 bits per heavy atom. The van der Waals surface area contributed by atoms with E-state index >= 15 is 0 Å². The number of hydrogen-bond acceptors (Lipinski definition) is 3. The Morgan fingerprint density at radius 3 is 1.92 bits per heavy atom. The summed E-state index contributed by atoms with van der Waals surface area (Å²) in [6.07, 6.45) is 0. The van der Waals surface area contributed by atoms with Gasteiger partial charge in [-0.1, -0.05) is 171 Å². The topological polar surface area (TPSA) is 19.6 Å². The van der Waals surface area contributed by atoms with Crippen LogP contribution in [0.5, 0.6) is 0 Å². The summed E-state index contributed by atoms with van der Waals surface area (Å²) < 4.78 is 7.33. The maximum atomic E-state index is 7.33. The molecule has 0 saturated carbocycles. The number of hydrogen-bond donors (Lipinski definition) is 0. The standard InChI is InChI=1S/C59H51BN2O/c1-57(2,3)38-26-29-40(30-27-38)62-51-35-49-45(42-22-14-16-24-48(42)59(49,7)8)34-46(51)47-32-37-20-12-13-21-41(37)55-53(47)60(62)54-43-23-15-17-25-52(43)63-56(54)61(55)50-31-28-39(58(4,5)6)33-44(50)36-18-10-9-11-19-36/h9-35H,1-8H3. The third-order valence-corrected chi connectivity index (χ3v) is 14.4. The molecular formula is C59H51BN2O. The molecule has 0 atom stereocenters. The van der Waals surface area contributed by atoms with Crippen LogP contribution in [0.4, 0.5) is 28.6 Å². The zero-order valence-electron chi connectivity index (χ0n) is 37.5. The van der Waals surface area contributed by atoms with Crippen molar-refractivity contribution in [1.29, 1.82) is 0 Å². The molecule has 1 aliphatic carbocycles. The maximum Gasteiger partial charge on any atom is 0.337 e. The average Bonchev–Trinajstić information content (AvgIpc) is 3.77. The molecule has 0 amide bonds. The lowest BCUT2D eigenvalue weighted by molar-refractivity contribution is 0.590. The highest BCUT2D eigenvalue weighted by atomic mass is 16.4. The first-order valence-electron chi connectivity index (χ1n) is 22.5. The average molecular weight is 815 g/mol. The van der Waals surface area contributed by atoms with Gasteiger partial charge in [0.1, 0.15) is 5.58 Å². The normalized spacial score (nSPS) is 14.7. The molecular weight excluding hydrogens is 763 g/mol. The SMILES string of the molecule is CC(C)(C)c1ccc(N2B3c4c(cc5ccccc5c4N(c4ccc(C(C)(C)C)cc4-c4ccccc4)c4oc5ccccc5c43)-c3cc4c(cc32)C(C)(C)c2ccccc2-4)cc1. The van der Waals surface area contributed by atoms with Crippen LogP contribution >= 0.6 is 0 Å². The number of benzene rings is 8. The number of furan rings is 1. The Morgan fingerprint density at radius 1 is 0.492 bits per heavy atom. The molecule has 8 aromatic carbocycles. The van der Waals surface area contributed by atoms with Crippen LogP contribution in [0.1, 0.15) is 77.6 Å². The van der Waals surface area contributed by atoms with E-state index in [1.165, 1.54) is 88.7 Å². The largest absolute Gasteiger partial charge is 0.440 e. The van der Waals surface area contributed by atoms with Crippen molar-refractivity contribution in [3.8, 4) is 33.4 Å². The van der Waals surface area contributed by atoms with Crippen LogP contribution in [0.15, 0.2) is 168 Å². The molecule has 2 aliphatic heterocycles. The Bertz CT molecular complexity index is 3340. The van der Waals surface area contributed by atoms with Crippen molar-refractivity contribution in [2.45, 2.75) is 71.6 Å². The maximum absolute atomic E-state index is 7.33. The third kappa shape index (κ3) is 5.46. The highest BCUT2D eigenvalue weighted by Crippen LogP contribution is 2.56. The summed E-state index contributed by atoms with van der Waals surface area (Å²) in [7, 11) is 0. The predicted octanol–water partition coefficient (Wildman–Crippen LogP) is 14.9. The molecule has 0 N–H and O–H groups in total. The van der Waals surface area contributed by atoms with Gasteiger partial charge in [0.2, 0.25) is 5.88 Å². The van der Waals surface area contributed by atoms with Gasteiger partial charge in [0, 0.05) is 44.2 Å². The van der Waals surface area contributed by atoms with Crippen LogP contribution < -0.4 is 20.6 Å². The van der Waals surface area contributed by atoms with Gasteiger partial charge in [-0.3, -0.25) is 4.90 Å². The summed E-state index contributed by atoms with van der Waals surface area (Å²) >= 11 is 0. The molecule has 0 spiro atoms. The zero-order chi connectivity index (χ0) is 43.2. The fourth-order valence-corrected chi connectivity index (χ4v) is 11.0. The highest BCUT2D eigenvalue weighted by Gasteiger charge is 2.50. The monoisotopic (exact) mass is 814 g/mol. The van der Waals surface area contributed by atoms with E-state index in [1.54, 1.807) is 0 Å². The molecule has 0 bridgehead atoms. The number of fused-ring (bicyclic) bond motifs is 11. The zero-order valence-corrected chi connectivity index (χ0v) is 37.5. The van der Waals surface area contributed by atoms with Gasteiger partial charge in [-0.2, -0.15) is 0 Å².